The standard InChI is InChI=1S/C19H27N3O3S2.C13H13NO.C6H14N2O2S2/c1-26-9-8-22-11-15(12-22)27(24,25)21-19(23)20-18-16-6-2-4-13(16)10-14-5-3-7-17(14)18;14-8-15-13-11-5-1-3-9(11)7-10-4-2-6-12(10)13;1-11-3-2-8-4-6(5-8)12(7,9)10/h10,15H,2-9,11-12H2,1H3,(H2,20,21,23);7H,1-6H2;6H,2-5H2,1H3,(H2,7,9,10). The molecule has 2 aromatic rings. The molecule has 2 amide bonds. The molecular formula is C38H54N6O6S4. The molecule has 12 nitrogen and oxygen atoms in total. The lowest BCUT2D eigenvalue weighted by Gasteiger charge is -2.38. The van der Waals surface area contributed by atoms with Gasteiger partial charge in [0.1, 0.15) is 16.2 Å². The number of primary sulfonamides is 1. The van der Waals surface area contributed by atoms with Crippen LogP contribution in [0.2, 0.25) is 0 Å². The summed E-state index contributed by atoms with van der Waals surface area (Å²) in [6, 6.07) is 4.02. The number of urea groups is 1. The van der Waals surface area contributed by atoms with Crippen molar-refractivity contribution in [2.75, 3.05) is 68.6 Å². The van der Waals surface area contributed by atoms with E-state index in [2.05, 4.69) is 32.0 Å². The van der Waals surface area contributed by atoms with Gasteiger partial charge in [0, 0.05) is 56.5 Å². The maximum Gasteiger partial charge on any atom is 0.332 e. The molecule has 6 aliphatic rings. The first-order chi connectivity index (χ1) is 25.9. The number of amides is 2. The molecule has 2 fully saturated rings. The average molecular weight is 819 g/mol. The number of rotatable bonds is 11. The molecule has 2 aromatic carbocycles. The summed E-state index contributed by atoms with van der Waals surface area (Å²) in [4.78, 5) is 16.7. The molecule has 16 heteroatoms. The minimum absolute atomic E-state index is 0.320. The number of nitrogens with one attached hydrogen (secondary N) is 2. The first-order valence-electron chi connectivity index (χ1n) is 19.1. The second-order valence-electron chi connectivity index (χ2n) is 15.1. The summed E-state index contributed by atoms with van der Waals surface area (Å²) in [5.41, 5.74) is 11.4. The lowest BCUT2D eigenvalue weighted by Crippen LogP contribution is -2.58. The molecule has 296 valence electrons. The summed E-state index contributed by atoms with van der Waals surface area (Å²) in [6.45, 7) is 4.08. The number of benzene rings is 2. The van der Waals surface area contributed by atoms with Crippen LogP contribution in [0.3, 0.4) is 0 Å². The van der Waals surface area contributed by atoms with Crippen molar-refractivity contribution in [3.8, 4) is 12.0 Å². The van der Waals surface area contributed by atoms with Crippen molar-refractivity contribution in [2.45, 2.75) is 87.5 Å². The van der Waals surface area contributed by atoms with E-state index in [-0.39, 0.29) is 5.25 Å². The second-order valence-corrected chi connectivity index (χ2v) is 20.8. The topological polar surface area (TPSA) is 175 Å². The molecule has 0 saturated carbocycles. The lowest BCUT2D eigenvalue weighted by atomic mass is 9.99. The number of sulfonamides is 2. The van der Waals surface area contributed by atoms with Crippen LogP contribution in [0.25, 0.3) is 0 Å². The SMILES string of the molecule is CSCCN1CC(S(=O)(=O)NC(=O)Nc2c3c(cc4c2CCC4)CCC3)C1.CSCCN1CC(S(N)(=O)=O)C1.N#COc1c2c(cc3c1CCC3)CCC2. The van der Waals surface area contributed by atoms with Gasteiger partial charge in [0.05, 0.1) is 0 Å². The fourth-order valence-corrected chi connectivity index (χ4v) is 11.5. The van der Waals surface area contributed by atoms with E-state index in [0.717, 1.165) is 100 Å². The fourth-order valence-electron chi connectivity index (χ4n) is 8.51. The number of carbonyl (C=O) groups is 1. The molecular weight excluding hydrogens is 765 g/mol. The van der Waals surface area contributed by atoms with Crippen molar-refractivity contribution in [2.24, 2.45) is 5.14 Å². The van der Waals surface area contributed by atoms with Crippen molar-refractivity contribution in [3.63, 3.8) is 0 Å². The highest BCUT2D eigenvalue weighted by Gasteiger charge is 2.38. The maximum absolute atomic E-state index is 12.5. The van der Waals surface area contributed by atoms with E-state index in [1.165, 1.54) is 57.3 Å². The monoisotopic (exact) mass is 818 g/mol. The van der Waals surface area contributed by atoms with E-state index in [4.69, 9.17) is 15.1 Å². The summed E-state index contributed by atoms with van der Waals surface area (Å²) in [5, 5.41) is 15.8. The molecule has 54 heavy (non-hydrogen) atoms. The minimum Gasteiger partial charge on any atom is -0.387 e. The molecule has 0 radical (unpaired) electrons. The lowest BCUT2D eigenvalue weighted by molar-refractivity contribution is 0.196. The van der Waals surface area contributed by atoms with E-state index in [1.54, 1.807) is 23.5 Å². The third-order valence-electron chi connectivity index (χ3n) is 11.5. The highest BCUT2D eigenvalue weighted by Crippen LogP contribution is 2.40. The molecule has 2 saturated heterocycles. The van der Waals surface area contributed by atoms with Crippen LogP contribution in [-0.4, -0.2) is 106 Å². The Bertz CT molecular complexity index is 1890. The van der Waals surface area contributed by atoms with Crippen molar-refractivity contribution < 1.29 is 26.4 Å². The highest BCUT2D eigenvalue weighted by molar-refractivity contribution is 7.98. The first kappa shape index (κ1) is 41.1. The average Bonchev–Trinajstić information content (AvgIpc) is 3.90. The Balaban J connectivity index is 0.000000154. The van der Waals surface area contributed by atoms with Crippen molar-refractivity contribution in [1.29, 1.82) is 5.26 Å². The summed E-state index contributed by atoms with van der Waals surface area (Å²) in [7, 11) is -6.91. The number of nitrogens with two attached hydrogens (primary N) is 1. The van der Waals surface area contributed by atoms with Gasteiger partial charge in [0.15, 0.2) is 0 Å². The number of hydrogen-bond acceptors (Lipinski definition) is 11. The number of anilines is 1. The van der Waals surface area contributed by atoms with Crippen LogP contribution in [0.1, 0.15) is 70.2 Å². The molecule has 0 unspecified atom stereocenters. The zero-order chi connectivity index (χ0) is 38.5. The number of hydrogen-bond donors (Lipinski definition) is 3. The summed E-state index contributed by atoms with van der Waals surface area (Å²) < 4.78 is 54.0. The fraction of sp³-hybridized carbons (Fsp3) is 0.632. The van der Waals surface area contributed by atoms with Crippen LogP contribution in [0.15, 0.2) is 12.1 Å². The predicted octanol–water partition coefficient (Wildman–Crippen LogP) is 4.01. The Labute approximate surface area is 329 Å². The number of carbonyl (C=O) groups excluding carboxylic acids is 1. The van der Waals surface area contributed by atoms with Crippen molar-refractivity contribution in [3.05, 3.63) is 56.6 Å². The van der Waals surface area contributed by atoms with Gasteiger partial charge in [-0.3, -0.25) is 9.80 Å². The van der Waals surface area contributed by atoms with Crippen LogP contribution in [-0.2, 0) is 71.4 Å². The van der Waals surface area contributed by atoms with Gasteiger partial charge >= 0.3 is 6.03 Å². The Morgan fingerprint density at radius 1 is 0.759 bits per heavy atom. The Morgan fingerprint density at radius 2 is 1.19 bits per heavy atom. The van der Waals surface area contributed by atoms with Gasteiger partial charge < -0.3 is 10.1 Å². The van der Waals surface area contributed by atoms with Gasteiger partial charge in [-0.05, 0) is 134 Å². The molecule has 4 N–H and O–H groups in total. The quantitative estimate of drug-likeness (QED) is 0.280. The van der Waals surface area contributed by atoms with E-state index in [1.807, 2.05) is 18.8 Å². The number of fused-ring (bicyclic) bond motifs is 4. The van der Waals surface area contributed by atoms with Crippen LogP contribution in [0, 0.1) is 11.5 Å². The van der Waals surface area contributed by atoms with Gasteiger partial charge in [-0.15, -0.1) is 5.26 Å². The van der Waals surface area contributed by atoms with Crippen LogP contribution in [0.4, 0.5) is 10.5 Å². The van der Waals surface area contributed by atoms with Crippen molar-refractivity contribution >= 4 is 55.3 Å². The van der Waals surface area contributed by atoms with Gasteiger partial charge in [0.25, 0.3) is 6.26 Å². The van der Waals surface area contributed by atoms with Gasteiger partial charge in [-0.2, -0.15) is 23.5 Å². The minimum atomic E-state index is -3.64. The Morgan fingerprint density at radius 3 is 1.61 bits per heavy atom. The van der Waals surface area contributed by atoms with Gasteiger partial charge in [0.2, 0.25) is 20.0 Å². The van der Waals surface area contributed by atoms with Crippen LogP contribution in [0.5, 0.6) is 5.75 Å². The molecule has 8 rings (SSSR count). The molecule has 0 atom stereocenters. The third kappa shape index (κ3) is 9.70. The zero-order valence-corrected chi connectivity index (χ0v) is 34.7. The molecule has 2 heterocycles. The second kappa shape index (κ2) is 18.2. The maximum atomic E-state index is 12.5. The molecule has 0 spiro atoms. The number of aryl methyl sites for hydroxylation is 4. The van der Waals surface area contributed by atoms with Gasteiger partial charge in [-0.1, -0.05) is 12.1 Å². The third-order valence-corrected chi connectivity index (χ3v) is 15.5. The molecule has 2 aliphatic heterocycles. The normalized spacial score (nSPS) is 19.1. The largest absolute Gasteiger partial charge is 0.387 e. The Kier molecular flexibility index (Phi) is 13.8. The number of nitrogens with zero attached hydrogens (tertiary/aromatic N) is 3. The zero-order valence-electron chi connectivity index (χ0n) is 31.5. The van der Waals surface area contributed by atoms with Crippen molar-refractivity contribution in [1.82, 2.24) is 14.5 Å². The summed E-state index contributed by atoms with van der Waals surface area (Å²) >= 11 is 3.51. The molecule has 4 aliphatic carbocycles. The summed E-state index contributed by atoms with van der Waals surface area (Å²) in [5.74, 6) is 2.95. The Hall–Kier alpha value is -2.52. The number of nitriles is 1. The van der Waals surface area contributed by atoms with E-state index in [0.29, 0.717) is 26.2 Å². The first-order valence-corrected chi connectivity index (χ1v) is 25.0. The highest BCUT2D eigenvalue weighted by atomic mass is 32.2. The predicted molar refractivity (Wildman–Crippen MR) is 219 cm³/mol. The smallest absolute Gasteiger partial charge is 0.332 e. The summed E-state index contributed by atoms with van der Waals surface area (Å²) in [6.07, 6.45) is 19.0. The number of ether oxygens (including phenoxy) is 1. The van der Waals surface area contributed by atoms with Crippen LogP contribution >= 0.6 is 23.5 Å². The number of likely N-dealkylation sites (tertiary alicyclic amines) is 2. The number of thioether (sulfide) groups is 2. The van der Waals surface area contributed by atoms with E-state index < -0.39 is 31.3 Å². The van der Waals surface area contributed by atoms with Crippen LogP contribution < -0.4 is 19.9 Å². The molecule has 0 bridgehead atoms. The van der Waals surface area contributed by atoms with E-state index >= 15 is 0 Å². The molecule has 0 aromatic heterocycles. The van der Waals surface area contributed by atoms with E-state index in [9.17, 15) is 21.6 Å². The van der Waals surface area contributed by atoms with Gasteiger partial charge in [-0.25, -0.2) is 31.5 Å².